The summed E-state index contributed by atoms with van der Waals surface area (Å²) in [5.41, 5.74) is 0. The average molecular weight is 366 g/mol. The van der Waals surface area contributed by atoms with Gasteiger partial charge in [-0.2, -0.15) is 4.98 Å². The summed E-state index contributed by atoms with van der Waals surface area (Å²) in [4.78, 5) is 35.6. The van der Waals surface area contributed by atoms with Gasteiger partial charge >= 0.3 is 0 Å². The van der Waals surface area contributed by atoms with Crippen molar-refractivity contribution in [2.45, 2.75) is 25.9 Å². The van der Waals surface area contributed by atoms with Crippen molar-refractivity contribution in [1.82, 2.24) is 19.8 Å². The summed E-state index contributed by atoms with van der Waals surface area (Å²) < 4.78 is 6.35. The number of aryl methyl sites for hydroxylation is 1. The van der Waals surface area contributed by atoms with Crippen molar-refractivity contribution in [3.8, 4) is 5.88 Å². The monoisotopic (exact) mass is 366 g/mol. The molecule has 1 unspecified atom stereocenters. The van der Waals surface area contributed by atoms with Crippen LogP contribution in [-0.4, -0.2) is 67.4 Å². The van der Waals surface area contributed by atoms with E-state index in [0.717, 1.165) is 12.8 Å². The first-order valence-electron chi connectivity index (χ1n) is 7.74. The fourth-order valence-corrected chi connectivity index (χ4v) is 3.77. The Kier molecular flexibility index (Phi) is 5.30. The van der Waals surface area contributed by atoms with Gasteiger partial charge in [0.25, 0.3) is 0 Å². The molecule has 0 saturated carbocycles. The Balaban J connectivity index is 1.57. The predicted molar refractivity (Wildman–Crippen MR) is 93.8 cm³/mol. The minimum atomic E-state index is -0.104. The number of hydrogen-bond donors (Lipinski definition) is 0. The summed E-state index contributed by atoms with van der Waals surface area (Å²) >= 11 is 6.42. The Morgan fingerprint density at radius 1 is 1.54 bits per heavy atom. The fraction of sp³-hybridized carbons (Fsp3) is 0.533. The number of carbonyl (C=O) groups excluding carboxylic acids is 2. The molecule has 1 atom stereocenters. The second-order valence-corrected chi connectivity index (χ2v) is 7.31. The van der Waals surface area contributed by atoms with Crippen molar-refractivity contribution >= 4 is 40.1 Å². The van der Waals surface area contributed by atoms with Crippen LogP contribution in [0.25, 0.3) is 0 Å². The molecular formula is C15H18N4O3S2. The molecule has 24 heavy (non-hydrogen) atoms. The molecule has 0 radical (unpaired) electrons. The van der Waals surface area contributed by atoms with Crippen LogP contribution in [0.2, 0.25) is 0 Å². The maximum Gasteiger partial charge on any atom is 0.242 e. The smallest absolute Gasteiger partial charge is 0.242 e. The molecule has 2 amide bonds. The molecule has 3 rings (SSSR count). The normalized spacial score (nSPS) is 21.3. The number of hydrogen-bond acceptors (Lipinski definition) is 7. The first-order valence-corrected chi connectivity index (χ1v) is 9.13. The molecule has 2 aliphatic rings. The van der Waals surface area contributed by atoms with Crippen molar-refractivity contribution in [3.05, 3.63) is 18.1 Å². The molecule has 0 aromatic carbocycles. The molecule has 2 saturated heterocycles. The van der Waals surface area contributed by atoms with Crippen LogP contribution in [0.1, 0.15) is 18.7 Å². The Bertz CT molecular complexity index is 654. The van der Waals surface area contributed by atoms with E-state index >= 15 is 0 Å². The van der Waals surface area contributed by atoms with Crippen LogP contribution in [0.4, 0.5) is 0 Å². The highest BCUT2D eigenvalue weighted by molar-refractivity contribution is 8.23. The summed E-state index contributed by atoms with van der Waals surface area (Å²) in [6.45, 7) is 2.98. The van der Waals surface area contributed by atoms with Crippen LogP contribution in [-0.2, 0) is 9.59 Å². The number of nitrogens with zero attached hydrogens (tertiary/aromatic N) is 4. The number of rotatable bonds is 4. The number of ether oxygens (including phenoxy) is 1. The fourth-order valence-electron chi connectivity index (χ4n) is 2.70. The molecule has 1 aromatic rings. The zero-order valence-corrected chi connectivity index (χ0v) is 14.9. The molecular weight excluding hydrogens is 348 g/mol. The van der Waals surface area contributed by atoms with E-state index in [2.05, 4.69) is 9.97 Å². The third-order valence-corrected chi connectivity index (χ3v) is 5.34. The lowest BCUT2D eigenvalue weighted by Crippen LogP contribution is -2.48. The number of thiocarbonyl (C=S) groups is 1. The standard InChI is InChI=1S/C15H18N4O3S2/c1-10-16-5-4-12(17-10)22-11-3-2-6-18(7-11)13(20)8-19-14(21)9-24-15(19)23/h4-5,11H,2-3,6-9H2,1H3. The molecule has 0 spiro atoms. The zero-order valence-electron chi connectivity index (χ0n) is 13.3. The summed E-state index contributed by atoms with van der Waals surface area (Å²) in [6, 6.07) is 1.71. The first-order chi connectivity index (χ1) is 11.5. The van der Waals surface area contributed by atoms with Crippen LogP contribution in [0, 0.1) is 6.92 Å². The minimum absolute atomic E-state index is 0.0179. The Labute approximate surface area is 149 Å². The van der Waals surface area contributed by atoms with Crippen LogP contribution < -0.4 is 4.74 Å². The van der Waals surface area contributed by atoms with Gasteiger partial charge in [-0.25, -0.2) is 4.98 Å². The van der Waals surface area contributed by atoms with Gasteiger partial charge in [0.05, 0.1) is 12.3 Å². The number of thioether (sulfide) groups is 1. The molecule has 128 valence electrons. The van der Waals surface area contributed by atoms with Crippen molar-refractivity contribution in [3.63, 3.8) is 0 Å². The summed E-state index contributed by atoms with van der Waals surface area (Å²) in [5, 5.41) is 0. The summed E-state index contributed by atoms with van der Waals surface area (Å²) in [7, 11) is 0. The van der Waals surface area contributed by atoms with Crippen molar-refractivity contribution < 1.29 is 14.3 Å². The molecule has 0 aliphatic carbocycles. The van der Waals surface area contributed by atoms with Crippen LogP contribution in [0.15, 0.2) is 12.3 Å². The molecule has 1 aromatic heterocycles. The van der Waals surface area contributed by atoms with E-state index in [1.807, 2.05) is 0 Å². The minimum Gasteiger partial charge on any atom is -0.472 e. The highest BCUT2D eigenvalue weighted by Gasteiger charge is 2.32. The van der Waals surface area contributed by atoms with Gasteiger partial charge < -0.3 is 9.64 Å². The molecule has 3 heterocycles. The molecule has 2 aliphatic heterocycles. The number of amides is 2. The lowest BCUT2D eigenvalue weighted by molar-refractivity contribution is -0.137. The maximum atomic E-state index is 12.5. The van der Waals surface area contributed by atoms with Crippen LogP contribution in [0.3, 0.4) is 0 Å². The third kappa shape index (κ3) is 4.02. The van der Waals surface area contributed by atoms with Gasteiger partial charge in [0.1, 0.15) is 22.8 Å². The van der Waals surface area contributed by atoms with E-state index < -0.39 is 0 Å². The first kappa shape index (κ1) is 17.1. The highest BCUT2D eigenvalue weighted by atomic mass is 32.2. The lowest BCUT2D eigenvalue weighted by atomic mass is 10.1. The lowest BCUT2D eigenvalue weighted by Gasteiger charge is -2.33. The van der Waals surface area contributed by atoms with Gasteiger partial charge in [-0.1, -0.05) is 24.0 Å². The van der Waals surface area contributed by atoms with Crippen molar-refractivity contribution in [2.75, 3.05) is 25.4 Å². The topological polar surface area (TPSA) is 75.6 Å². The van der Waals surface area contributed by atoms with E-state index in [1.54, 1.807) is 24.1 Å². The largest absolute Gasteiger partial charge is 0.472 e. The molecule has 2 fully saturated rings. The number of carbonyl (C=O) groups is 2. The second-order valence-electron chi connectivity index (χ2n) is 5.70. The van der Waals surface area contributed by atoms with E-state index in [-0.39, 0.29) is 24.5 Å². The molecule has 0 bridgehead atoms. The zero-order chi connectivity index (χ0) is 17.1. The van der Waals surface area contributed by atoms with E-state index in [9.17, 15) is 9.59 Å². The van der Waals surface area contributed by atoms with Gasteiger partial charge in [0.2, 0.25) is 17.7 Å². The van der Waals surface area contributed by atoms with E-state index in [4.69, 9.17) is 17.0 Å². The maximum absolute atomic E-state index is 12.5. The van der Waals surface area contributed by atoms with Gasteiger partial charge in [-0.05, 0) is 19.8 Å². The number of likely N-dealkylation sites (tertiary alicyclic amines) is 1. The quantitative estimate of drug-likeness (QED) is 0.736. The Morgan fingerprint density at radius 2 is 2.38 bits per heavy atom. The van der Waals surface area contributed by atoms with Gasteiger partial charge in [-0.3, -0.25) is 14.5 Å². The van der Waals surface area contributed by atoms with E-state index in [0.29, 0.717) is 34.9 Å². The Morgan fingerprint density at radius 3 is 3.08 bits per heavy atom. The van der Waals surface area contributed by atoms with Crippen LogP contribution >= 0.6 is 24.0 Å². The average Bonchev–Trinajstić information content (AvgIpc) is 2.87. The number of aromatic nitrogens is 2. The highest BCUT2D eigenvalue weighted by Crippen LogP contribution is 2.21. The predicted octanol–water partition coefficient (Wildman–Crippen LogP) is 1.02. The second kappa shape index (κ2) is 7.43. The summed E-state index contributed by atoms with van der Waals surface area (Å²) in [6.07, 6.45) is 3.27. The summed E-state index contributed by atoms with van der Waals surface area (Å²) in [5.74, 6) is 1.30. The molecule has 0 N–H and O–H groups in total. The van der Waals surface area contributed by atoms with Gasteiger partial charge in [0, 0.05) is 18.8 Å². The van der Waals surface area contributed by atoms with Crippen molar-refractivity contribution in [1.29, 1.82) is 0 Å². The Hall–Kier alpha value is -1.74. The molecule has 7 nitrogen and oxygen atoms in total. The third-order valence-electron chi connectivity index (χ3n) is 3.90. The molecule has 9 heteroatoms. The van der Waals surface area contributed by atoms with E-state index in [1.165, 1.54) is 16.7 Å². The van der Waals surface area contributed by atoms with Crippen LogP contribution in [0.5, 0.6) is 5.88 Å². The van der Waals surface area contributed by atoms with Gasteiger partial charge in [0.15, 0.2) is 0 Å². The number of piperidine rings is 1. The van der Waals surface area contributed by atoms with Gasteiger partial charge in [-0.15, -0.1) is 0 Å². The SMILES string of the molecule is Cc1nccc(OC2CCCN(C(=O)CN3C(=O)CSC3=S)C2)n1. The van der Waals surface area contributed by atoms with Crippen molar-refractivity contribution in [2.24, 2.45) is 0 Å².